The Labute approximate surface area is 122 Å². The topological polar surface area (TPSA) is 60.7 Å². The van der Waals surface area contributed by atoms with Gasteiger partial charge in [-0.05, 0) is 32.0 Å². The predicted molar refractivity (Wildman–Crippen MR) is 80.2 cm³/mol. The maximum atomic E-state index is 12.7. The SMILES string of the molecule is COc1ccc2c(c1)c(=O)c1c(n2C)OC(C(C)(C)O)C1. The standard InChI is InChI=1S/C16H19NO4/c1-16(2,19)13-8-11-14(18)10-7-9(20-4)5-6-12(10)17(3)15(11)21-13/h5-7,13,19H,8H2,1-4H3. The van der Waals surface area contributed by atoms with Gasteiger partial charge in [0.05, 0.1) is 23.8 Å². The van der Waals surface area contributed by atoms with Crippen molar-refractivity contribution in [3.05, 3.63) is 34.0 Å². The van der Waals surface area contributed by atoms with Crippen molar-refractivity contribution in [3.8, 4) is 11.6 Å². The van der Waals surface area contributed by atoms with Gasteiger partial charge in [-0.15, -0.1) is 0 Å². The molecule has 1 aromatic carbocycles. The molecule has 1 atom stereocenters. The number of fused-ring (bicyclic) bond motifs is 2. The normalized spacial score (nSPS) is 17.7. The first-order chi connectivity index (χ1) is 9.82. The van der Waals surface area contributed by atoms with Gasteiger partial charge in [0, 0.05) is 18.9 Å². The van der Waals surface area contributed by atoms with E-state index < -0.39 is 11.7 Å². The van der Waals surface area contributed by atoms with Crippen molar-refractivity contribution in [1.82, 2.24) is 4.57 Å². The second-order valence-corrected chi connectivity index (χ2v) is 6.02. The zero-order valence-electron chi connectivity index (χ0n) is 12.6. The zero-order valence-corrected chi connectivity index (χ0v) is 12.6. The highest BCUT2D eigenvalue weighted by molar-refractivity contribution is 5.82. The minimum Gasteiger partial charge on any atom is -0.497 e. The van der Waals surface area contributed by atoms with Gasteiger partial charge >= 0.3 is 0 Å². The third-order valence-electron chi connectivity index (χ3n) is 4.08. The average Bonchev–Trinajstić information content (AvgIpc) is 2.89. The molecular formula is C16H19NO4. The Bertz CT molecular complexity index is 770. The van der Waals surface area contributed by atoms with Crippen LogP contribution in [0.2, 0.25) is 0 Å². The predicted octanol–water partition coefficient (Wildman–Crippen LogP) is 1.62. The summed E-state index contributed by atoms with van der Waals surface area (Å²) in [6, 6.07) is 5.41. The summed E-state index contributed by atoms with van der Waals surface area (Å²) in [4.78, 5) is 12.7. The number of aryl methyl sites for hydroxylation is 1. The third-order valence-corrected chi connectivity index (χ3v) is 4.08. The smallest absolute Gasteiger partial charge is 0.201 e. The quantitative estimate of drug-likeness (QED) is 0.912. The van der Waals surface area contributed by atoms with E-state index in [4.69, 9.17) is 9.47 Å². The fourth-order valence-corrected chi connectivity index (χ4v) is 2.77. The summed E-state index contributed by atoms with van der Waals surface area (Å²) in [6.45, 7) is 3.38. The molecule has 0 fully saturated rings. The fraction of sp³-hybridized carbons (Fsp3) is 0.438. The number of hydrogen-bond donors (Lipinski definition) is 1. The Morgan fingerprint density at radius 2 is 2.14 bits per heavy atom. The van der Waals surface area contributed by atoms with E-state index in [-0.39, 0.29) is 5.43 Å². The van der Waals surface area contributed by atoms with Crippen LogP contribution in [0.5, 0.6) is 11.6 Å². The van der Waals surface area contributed by atoms with Gasteiger partial charge in [0.15, 0.2) is 5.43 Å². The van der Waals surface area contributed by atoms with Crippen LogP contribution < -0.4 is 14.9 Å². The summed E-state index contributed by atoms with van der Waals surface area (Å²) >= 11 is 0. The van der Waals surface area contributed by atoms with Gasteiger partial charge < -0.3 is 19.1 Å². The molecule has 21 heavy (non-hydrogen) atoms. The van der Waals surface area contributed by atoms with Crippen LogP contribution in [0, 0.1) is 0 Å². The molecule has 0 saturated carbocycles. The number of rotatable bonds is 2. The first kappa shape index (κ1) is 13.9. The Hall–Kier alpha value is -2.01. The molecule has 0 radical (unpaired) electrons. The summed E-state index contributed by atoms with van der Waals surface area (Å²) in [7, 11) is 3.44. The molecular weight excluding hydrogens is 270 g/mol. The van der Waals surface area contributed by atoms with E-state index in [0.29, 0.717) is 29.0 Å². The van der Waals surface area contributed by atoms with E-state index in [9.17, 15) is 9.90 Å². The van der Waals surface area contributed by atoms with Crippen LogP contribution in [0.15, 0.2) is 23.0 Å². The number of aliphatic hydroxyl groups is 1. The van der Waals surface area contributed by atoms with Crippen LogP contribution in [0.3, 0.4) is 0 Å². The van der Waals surface area contributed by atoms with E-state index >= 15 is 0 Å². The Morgan fingerprint density at radius 1 is 1.43 bits per heavy atom. The van der Waals surface area contributed by atoms with Crippen LogP contribution in [0.25, 0.3) is 10.9 Å². The van der Waals surface area contributed by atoms with Gasteiger partial charge in [0.2, 0.25) is 5.88 Å². The number of aromatic nitrogens is 1. The molecule has 2 heterocycles. The van der Waals surface area contributed by atoms with Crippen LogP contribution in [0.1, 0.15) is 19.4 Å². The van der Waals surface area contributed by atoms with E-state index in [0.717, 1.165) is 5.52 Å². The van der Waals surface area contributed by atoms with Crippen LogP contribution in [-0.2, 0) is 13.5 Å². The minimum atomic E-state index is -0.998. The summed E-state index contributed by atoms with van der Waals surface area (Å²) in [5.41, 5.74) is 0.354. The number of benzene rings is 1. The summed E-state index contributed by atoms with van der Waals surface area (Å²) in [6.07, 6.45) is 0.00340. The van der Waals surface area contributed by atoms with Crippen LogP contribution in [0.4, 0.5) is 0 Å². The van der Waals surface area contributed by atoms with Crippen molar-refractivity contribution in [2.75, 3.05) is 7.11 Å². The largest absolute Gasteiger partial charge is 0.497 e. The van der Waals surface area contributed by atoms with Gasteiger partial charge in [-0.3, -0.25) is 4.79 Å². The maximum Gasteiger partial charge on any atom is 0.201 e. The highest BCUT2D eigenvalue weighted by Crippen LogP contribution is 2.33. The van der Waals surface area contributed by atoms with Gasteiger partial charge in [-0.2, -0.15) is 0 Å². The number of pyridine rings is 1. The highest BCUT2D eigenvalue weighted by Gasteiger charge is 2.37. The molecule has 1 unspecified atom stereocenters. The number of nitrogens with zero attached hydrogens (tertiary/aromatic N) is 1. The summed E-state index contributed by atoms with van der Waals surface area (Å²) in [5, 5.41) is 10.7. The minimum absolute atomic E-state index is 0.0521. The van der Waals surface area contributed by atoms with Gasteiger partial charge in [-0.1, -0.05) is 0 Å². The number of hydrogen-bond acceptors (Lipinski definition) is 4. The van der Waals surface area contributed by atoms with E-state index in [2.05, 4.69) is 0 Å². The molecule has 0 bridgehead atoms. The molecule has 1 aliphatic rings. The lowest BCUT2D eigenvalue weighted by molar-refractivity contribution is -0.0252. The van der Waals surface area contributed by atoms with Gasteiger partial charge in [0.1, 0.15) is 11.9 Å². The van der Waals surface area contributed by atoms with E-state index in [1.165, 1.54) is 0 Å². The summed E-state index contributed by atoms with van der Waals surface area (Å²) < 4.78 is 12.9. The van der Waals surface area contributed by atoms with Crippen molar-refractivity contribution in [2.45, 2.75) is 32.0 Å². The molecule has 0 saturated heterocycles. The lowest BCUT2D eigenvalue weighted by Crippen LogP contribution is -2.39. The lowest BCUT2D eigenvalue weighted by atomic mass is 9.97. The number of ether oxygens (including phenoxy) is 2. The molecule has 112 valence electrons. The molecule has 0 amide bonds. The lowest BCUT2D eigenvalue weighted by Gasteiger charge is -2.24. The third kappa shape index (κ3) is 2.08. The monoisotopic (exact) mass is 289 g/mol. The van der Waals surface area contributed by atoms with Crippen LogP contribution in [-0.4, -0.2) is 28.5 Å². The van der Waals surface area contributed by atoms with E-state index in [1.807, 2.05) is 23.7 Å². The molecule has 5 nitrogen and oxygen atoms in total. The molecule has 1 aliphatic heterocycles. The van der Waals surface area contributed by atoms with Crippen LogP contribution >= 0.6 is 0 Å². The maximum absolute atomic E-state index is 12.7. The van der Waals surface area contributed by atoms with Crippen molar-refractivity contribution in [3.63, 3.8) is 0 Å². The second-order valence-electron chi connectivity index (χ2n) is 6.02. The molecule has 0 aliphatic carbocycles. The Balaban J connectivity index is 2.24. The van der Waals surface area contributed by atoms with Crippen molar-refractivity contribution in [1.29, 1.82) is 0 Å². The Morgan fingerprint density at radius 3 is 2.76 bits per heavy atom. The Kier molecular flexibility index (Phi) is 2.99. The first-order valence-electron chi connectivity index (χ1n) is 6.91. The molecule has 1 N–H and O–H groups in total. The number of methoxy groups -OCH3 is 1. The highest BCUT2D eigenvalue weighted by atomic mass is 16.5. The molecule has 3 rings (SSSR count). The summed E-state index contributed by atoms with van der Waals surface area (Å²) in [5.74, 6) is 1.20. The first-order valence-corrected chi connectivity index (χ1v) is 6.91. The van der Waals surface area contributed by atoms with Crippen molar-refractivity contribution >= 4 is 10.9 Å². The molecule has 2 aromatic rings. The molecule has 5 heteroatoms. The van der Waals surface area contributed by atoms with Gasteiger partial charge in [-0.25, -0.2) is 0 Å². The fourth-order valence-electron chi connectivity index (χ4n) is 2.77. The van der Waals surface area contributed by atoms with Crippen molar-refractivity contribution < 1.29 is 14.6 Å². The van der Waals surface area contributed by atoms with Gasteiger partial charge in [0.25, 0.3) is 0 Å². The van der Waals surface area contributed by atoms with Crippen molar-refractivity contribution in [2.24, 2.45) is 7.05 Å². The second kappa shape index (κ2) is 4.49. The zero-order chi connectivity index (χ0) is 15.4. The van der Waals surface area contributed by atoms with E-state index in [1.54, 1.807) is 27.0 Å². The molecule has 0 spiro atoms. The average molecular weight is 289 g/mol. The molecule has 1 aromatic heterocycles.